The highest BCUT2D eigenvalue weighted by Crippen LogP contribution is 2.09. The van der Waals surface area contributed by atoms with E-state index in [4.69, 9.17) is 0 Å². The monoisotopic (exact) mass is 326 g/mol. The van der Waals surface area contributed by atoms with E-state index in [0.717, 1.165) is 0 Å². The zero-order valence-electron chi connectivity index (χ0n) is 16.3. The number of unbranched alkanes of at least 4 members (excludes halogenated alkanes) is 9. The summed E-state index contributed by atoms with van der Waals surface area (Å²) in [6.07, 6.45) is 25.5. The van der Waals surface area contributed by atoms with Crippen LogP contribution in [0.5, 0.6) is 0 Å². The van der Waals surface area contributed by atoms with Gasteiger partial charge in [-0.1, -0.05) is 76.7 Å². The molecule has 0 atom stereocenters. The lowest BCUT2D eigenvalue weighted by Crippen LogP contribution is -1.83. The van der Waals surface area contributed by atoms with Gasteiger partial charge in [0.05, 0.1) is 13.7 Å². The quantitative estimate of drug-likeness (QED) is 0.135. The Morgan fingerprint density at radius 1 is 0.609 bits per heavy atom. The summed E-state index contributed by atoms with van der Waals surface area (Å²) in [5, 5.41) is 0. The molecule has 138 valence electrons. The van der Waals surface area contributed by atoms with E-state index < -0.39 is 0 Å². The Balaban J connectivity index is 0. The lowest BCUT2D eigenvalue weighted by atomic mass is 10.1. The third-order valence-electron chi connectivity index (χ3n) is 3.52. The van der Waals surface area contributed by atoms with Gasteiger partial charge in [-0.25, -0.2) is 9.78 Å². The summed E-state index contributed by atoms with van der Waals surface area (Å²) in [6.45, 7) is 6.94. The van der Waals surface area contributed by atoms with E-state index in [9.17, 15) is 0 Å². The zero-order chi connectivity index (χ0) is 17.4. The van der Waals surface area contributed by atoms with Gasteiger partial charge in [0.1, 0.15) is 0 Å². The van der Waals surface area contributed by atoms with Crippen LogP contribution in [0.15, 0.2) is 24.3 Å². The van der Waals surface area contributed by atoms with Gasteiger partial charge in [-0.15, -0.1) is 0 Å². The second-order valence-corrected chi connectivity index (χ2v) is 5.77. The minimum absolute atomic E-state index is 0.622. The fourth-order valence-corrected chi connectivity index (χ4v) is 2.19. The molecule has 0 aliphatic carbocycles. The van der Waals surface area contributed by atoms with Gasteiger partial charge in [-0.3, -0.25) is 0 Å². The van der Waals surface area contributed by atoms with Crippen LogP contribution in [0.3, 0.4) is 0 Å². The highest BCUT2D eigenvalue weighted by Gasteiger charge is 1.89. The SMILES string of the molecule is CCC=CCCCCCCCCC=CCCCC.CCOOC. The van der Waals surface area contributed by atoms with Crippen LogP contribution in [-0.4, -0.2) is 13.7 Å². The van der Waals surface area contributed by atoms with Crippen LogP contribution < -0.4 is 0 Å². The Bertz CT molecular complexity index is 232. The van der Waals surface area contributed by atoms with Crippen molar-refractivity contribution in [2.45, 2.75) is 97.8 Å². The lowest BCUT2D eigenvalue weighted by Gasteiger charge is -1.99. The van der Waals surface area contributed by atoms with Crippen LogP contribution >= 0.6 is 0 Å². The van der Waals surface area contributed by atoms with Gasteiger partial charge in [-0.05, 0) is 45.4 Å². The number of hydrogen-bond acceptors (Lipinski definition) is 2. The molecule has 2 heteroatoms. The fourth-order valence-electron chi connectivity index (χ4n) is 2.19. The van der Waals surface area contributed by atoms with E-state index >= 15 is 0 Å². The molecule has 0 saturated heterocycles. The smallest absolute Gasteiger partial charge is 0.0794 e. The number of hydrogen-bond donors (Lipinski definition) is 0. The Hall–Kier alpha value is -0.600. The largest absolute Gasteiger partial charge is 0.240 e. The minimum Gasteiger partial charge on any atom is -0.240 e. The van der Waals surface area contributed by atoms with Gasteiger partial charge in [0.15, 0.2) is 0 Å². The molecule has 0 unspecified atom stereocenters. The van der Waals surface area contributed by atoms with Gasteiger partial charge >= 0.3 is 0 Å². The minimum atomic E-state index is 0.622. The highest BCUT2D eigenvalue weighted by molar-refractivity contribution is 4.81. The van der Waals surface area contributed by atoms with E-state index in [1.165, 1.54) is 84.2 Å². The summed E-state index contributed by atoms with van der Waals surface area (Å²) < 4.78 is 0. The van der Waals surface area contributed by atoms with Crippen molar-refractivity contribution in [1.82, 2.24) is 0 Å². The van der Waals surface area contributed by atoms with Crippen molar-refractivity contribution >= 4 is 0 Å². The zero-order valence-corrected chi connectivity index (χ0v) is 16.3. The predicted octanol–water partition coefficient (Wildman–Crippen LogP) is 7.40. The van der Waals surface area contributed by atoms with E-state index in [-0.39, 0.29) is 0 Å². The second-order valence-electron chi connectivity index (χ2n) is 5.77. The number of rotatable bonds is 15. The normalized spacial score (nSPS) is 11.1. The third-order valence-corrected chi connectivity index (χ3v) is 3.52. The maximum atomic E-state index is 4.33. The summed E-state index contributed by atoms with van der Waals surface area (Å²) in [5.41, 5.74) is 0. The summed E-state index contributed by atoms with van der Waals surface area (Å²) in [7, 11) is 1.49. The maximum absolute atomic E-state index is 4.33. The average molecular weight is 327 g/mol. The summed E-state index contributed by atoms with van der Waals surface area (Å²) in [6, 6.07) is 0. The molecular weight excluding hydrogens is 284 g/mol. The molecule has 0 saturated carbocycles. The number of allylic oxidation sites excluding steroid dienone is 4. The van der Waals surface area contributed by atoms with Crippen LogP contribution in [0.25, 0.3) is 0 Å². The van der Waals surface area contributed by atoms with Gasteiger partial charge in [0.25, 0.3) is 0 Å². The standard InChI is InChI=1S/C18H34.C3H8O2/c1-3-5-7-9-11-13-15-17-18-16-14-12-10-8-6-4-2;1-3-5-4-2/h5,7,10,12H,3-4,6,8-9,11,13-18H2,1-2H3;3H2,1-2H3. The molecule has 0 N–H and O–H groups in total. The molecule has 23 heavy (non-hydrogen) atoms. The predicted molar refractivity (Wildman–Crippen MR) is 104 cm³/mol. The molecule has 0 amide bonds. The summed E-state index contributed by atoms with van der Waals surface area (Å²) in [5.74, 6) is 0. The molecule has 0 aromatic heterocycles. The first kappa shape index (κ1) is 24.6. The Morgan fingerprint density at radius 2 is 1.09 bits per heavy atom. The molecular formula is C21H42O2. The second kappa shape index (κ2) is 26.3. The Labute approximate surface area is 146 Å². The van der Waals surface area contributed by atoms with Gasteiger partial charge in [0, 0.05) is 0 Å². The Morgan fingerprint density at radius 3 is 1.48 bits per heavy atom. The molecule has 0 radical (unpaired) electrons. The van der Waals surface area contributed by atoms with Crippen molar-refractivity contribution < 1.29 is 9.78 Å². The molecule has 0 rings (SSSR count). The average Bonchev–Trinajstić information content (AvgIpc) is 2.56. The van der Waals surface area contributed by atoms with E-state index in [2.05, 4.69) is 47.9 Å². The van der Waals surface area contributed by atoms with Crippen molar-refractivity contribution in [2.24, 2.45) is 0 Å². The summed E-state index contributed by atoms with van der Waals surface area (Å²) >= 11 is 0. The highest BCUT2D eigenvalue weighted by atomic mass is 17.2. The first-order chi connectivity index (χ1) is 11.3. The molecule has 0 spiro atoms. The molecule has 2 nitrogen and oxygen atoms in total. The molecule has 0 aliphatic rings. The van der Waals surface area contributed by atoms with E-state index in [0.29, 0.717) is 6.61 Å². The lowest BCUT2D eigenvalue weighted by molar-refractivity contribution is -0.268. The topological polar surface area (TPSA) is 18.5 Å². The molecule has 0 bridgehead atoms. The van der Waals surface area contributed by atoms with Crippen LogP contribution in [0.4, 0.5) is 0 Å². The maximum Gasteiger partial charge on any atom is 0.0794 e. The molecule has 0 aromatic rings. The van der Waals surface area contributed by atoms with Gasteiger partial charge in [-0.2, -0.15) is 0 Å². The third kappa shape index (κ3) is 29.9. The first-order valence-electron chi connectivity index (χ1n) is 9.78. The van der Waals surface area contributed by atoms with Crippen molar-refractivity contribution in [3.05, 3.63) is 24.3 Å². The van der Waals surface area contributed by atoms with E-state index in [1.807, 2.05) is 6.92 Å². The van der Waals surface area contributed by atoms with Crippen molar-refractivity contribution in [2.75, 3.05) is 13.7 Å². The summed E-state index contributed by atoms with van der Waals surface area (Å²) in [4.78, 5) is 8.52. The molecule has 0 aromatic carbocycles. The van der Waals surface area contributed by atoms with Gasteiger partial charge in [0.2, 0.25) is 0 Å². The van der Waals surface area contributed by atoms with Crippen molar-refractivity contribution in [1.29, 1.82) is 0 Å². The molecule has 0 aliphatic heterocycles. The van der Waals surface area contributed by atoms with Crippen molar-refractivity contribution in [3.8, 4) is 0 Å². The van der Waals surface area contributed by atoms with Crippen LogP contribution in [0, 0.1) is 0 Å². The van der Waals surface area contributed by atoms with Crippen molar-refractivity contribution in [3.63, 3.8) is 0 Å². The molecule has 0 fully saturated rings. The van der Waals surface area contributed by atoms with E-state index in [1.54, 1.807) is 0 Å². The molecule has 0 heterocycles. The first-order valence-corrected chi connectivity index (χ1v) is 9.78. The van der Waals surface area contributed by atoms with Crippen LogP contribution in [0.2, 0.25) is 0 Å². The van der Waals surface area contributed by atoms with Crippen LogP contribution in [-0.2, 0) is 9.78 Å². The fraction of sp³-hybridized carbons (Fsp3) is 0.810. The van der Waals surface area contributed by atoms with Crippen LogP contribution in [0.1, 0.15) is 97.8 Å². The Kier molecular flexibility index (Phi) is 28.2. The van der Waals surface area contributed by atoms with Gasteiger partial charge < -0.3 is 0 Å².